The third-order valence-corrected chi connectivity index (χ3v) is 3.57. The molecular weight excluding hydrogens is 258 g/mol. The Balaban J connectivity index is 2.98. The van der Waals surface area contributed by atoms with Crippen molar-refractivity contribution in [1.29, 1.82) is 0 Å². The summed E-state index contributed by atoms with van der Waals surface area (Å²) in [5.41, 5.74) is -0.662. The van der Waals surface area contributed by atoms with E-state index < -0.39 is 5.54 Å². The maximum Gasteiger partial charge on any atom is 0.272 e. The van der Waals surface area contributed by atoms with Crippen LogP contribution in [-0.2, 0) is 6.54 Å². The molecule has 0 saturated carbocycles. The smallest absolute Gasteiger partial charge is 0.272 e. The molecule has 6 heteroatoms. The van der Waals surface area contributed by atoms with E-state index in [1.54, 1.807) is 0 Å². The zero-order valence-electron chi connectivity index (χ0n) is 12.3. The minimum Gasteiger partial charge on any atom is -0.394 e. The van der Waals surface area contributed by atoms with Crippen LogP contribution in [0.15, 0.2) is 16.9 Å². The topological polar surface area (TPSA) is 84.2 Å². The summed E-state index contributed by atoms with van der Waals surface area (Å²) < 4.78 is 1.29. The Kier molecular flexibility index (Phi) is 5.88. The van der Waals surface area contributed by atoms with Crippen LogP contribution in [0.25, 0.3) is 0 Å². The van der Waals surface area contributed by atoms with Crippen LogP contribution in [0, 0.1) is 0 Å². The number of hydrogen-bond acceptors (Lipinski definition) is 4. The zero-order valence-corrected chi connectivity index (χ0v) is 12.3. The van der Waals surface area contributed by atoms with Crippen molar-refractivity contribution in [2.45, 2.75) is 52.1 Å². The monoisotopic (exact) mass is 281 g/mol. The predicted octanol–water partition coefficient (Wildman–Crippen LogP) is 0.934. The number of carbonyl (C=O) groups excluding carboxylic acids is 1. The van der Waals surface area contributed by atoms with Crippen molar-refractivity contribution in [3.8, 4) is 0 Å². The van der Waals surface area contributed by atoms with E-state index in [0.29, 0.717) is 19.4 Å². The Bertz CT molecular complexity index is 498. The SMILES string of the molecule is CCCn1nc(C(=O)NC(CC)(CC)CO)ccc1=O. The van der Waals surface area contributed by atoms with Gasteiger partial charge in [0.15, 0.2) is 0 Å². The molecule has 6 nitrogen and oxygen atoms in total. The summed E-state index contributed by atoms with van der Waals surface area (Å²) >= 11 is 0. The summed E-state index contributed by atoms with van der Waals surface area (Å²) in [4.78, 5) is 23.8. The van der Waals surface area contributed by atoms with E-state index in [1.807, 2.05) is 20.8 Å². The quantitative estimate of drug-likeness (QED) is 0.779. The lowest BCUT2D eigenvalue weighted by molar-refractivity contribution is 0.0810. The van der Waals surface area contributed by atoms with Crippen LogP contribution in [0.5, 0.6) is 0 Å². The van der Waals surface area contributed by atoms with Crippen molar-refractivity contribution in [2.24, 2.45) is 0 Å². The molecule has 0 aliphatic rings. The molecule has 0 saturated heterocycles. The number of nitrogens with zero attached hydrogens (tertiary/aromatic N) is 2. The van der Waals surface area contributed by atoms with E-state index in [-0.39, 0.29) is 23.8 Å². The minimum atomic E-state index is -0.634. The van der Waals surface area contributed by atoms with Crippen LogP contribution >= 0.6 is 0 Å². The first-order chi connectivity index (χ1) is 9.51. The number of aliphatic hydroxyl groups is 1. The molecule has 1 aromatic rings. The van der Waals surface area contributed by atoms with Crippen molar-refractivity contribution in [3.05, 3.63) is 28.2 Å². The fourth-order valence-corrected chi connectivity index (χ4v) is 1.94. The Morgan fingerprint density at radius 3 is 2.50 bits per heavy atom. The van der Waals surface area contributed by atoms with Gasteiger partial charge in [-0.15, -0.1) is 0 Å². The molecule has 2 N–H and O–H groups in total. The molecule has 0 unspecified atom stereocenters. The number of aliphatic hydroxyl groups excluding tert-OH is 1. The Morgan fingerprint density at radius 1 is 1.35 bits per heavy atom. The second kappa shape index (κ2) is 7.19. The molecular formula is C14H23N3O3. The van der Waals surface area contributed by atoms with Gasteiger partial charge in [-0.1, -0.05) is 20.8 Å². The first-order valence-corrected chi connectivity index (χ1v) is 7.03. The molecule has 0 aliphatic heterocycles. The molecule has 20 heavy (non-hydrogen) atoms. The molecule has 0 fully saturated rings. The summed E-state index contributed by atoms with van der Waals surface area (Å²) in [6, 6.07) is 2.76. The first-order valence-electron chi connectivity index (χ1n) is 7.03. The largest absolute Gasteiger partial charge is 0.394 e. The molecule has 1 amide bonds. The lowest BCUT2D eigenvalue weighted by Gasteiger charge is -2.30. The van der Waals surface area contributed by atoms with E-state index in [9.17, 15) is 14.7 Å². The maximum absolute atomic E-state index is 12.2. The average Bonchev–Trinajstić information content (AvgIpc) is 2.47. The standard InChI is InChI=1S/C14H23N3O3/c1-4-9-17-12(19)8-7-11(16-17)13(20)15-14(5-2,6-3)10-18/h7-8,18H,4-6,9-10H2,1-3H3,(H,15,20). The van der Waals surface area contributed by atoms with Gasteiger partial charge in [0.1, 0.15) is 5.69 Å². The highest BCUT2D eigenvalue weighted by atomic mass is 16.3. The lowest BCUT2D eigenvalue weighted by Crippen LogP contribution is -2.51. The Labute approximate surface area is 118 Å². The number of hydrogen-bond donors (Lipinski definition) is 2. The van der Waals surface area contributed by atoms with Crippen LogP contribution < -0.4 is 10.9 Å². The summed E-state index contributed by atoms with van der Waals surface area (Å²) in [6.07, 6.45) is 2.02. The molecule has 1 aromatic heterocycles. The van der Waals surface area contributed by atoms with Gasteiger partial charge >= 0.3 is 0 Å². The van der Waals surface area contributed by atoms with Crippen molar-refractivity contribution < 1.29 is 9.90 Å². The van der Waals surface area contributed by atoms with Gasteiger partial charge in [-0.25, -0.2) is 4.68 Å². The van der Waals surface area contributed by atoms with Crippen LogP contribution in [-0.4, -0.2) is 32.9 Å². The number of nitrogens with one attached hydrogen (secondary N) is 1. The molecule has 112 valence electrons. The van der Waals surface area contributed by atoms with Gasteiger partial charge in [-0.05, 0) is 25.3 Å². The summed E-state index contributed by atoms with van der Waals surface area (Å²) in [5, 5.41) is 16.3. The van der Waals surface area contributed by atoms with Crippen molar-refractivity contribution in [1.82, 2.24) is 15.1 Å². The van der Waals surface area contributed by atoms with E-state index in [2.05, 4.69) is 10.4 Å². The van der Waals surface area contributed by atoms with Crippen LogP contribution in [0.2, 0.25) is 0 Å². The zero-order chi connectivity index (χ0) is 15.2. The van der Waals surface area contributed by atoms with Crippen LogP contribution in [0.4, 0.5) is 0 Å². The predicted molar refractivity (Wildman–Crippen MR) is 76.7 cm³/mol. The normalized spacial score (nSPS) is 11.4. The highest BCUT2D eigenvalue weighted by Gasteiger charge is 2.28. The molecule has 0 radical (unpaired) electrons. The molecule has 0 spiro atoms. The minimum absolute atomic E-state index is 0.125. The van der Waals surface area contributed by atoms with Gasteiger partial charge in [0, 0.05) is 12.6 Å². The number of carbonyl (C=O) groups is 1. The fourth-order valence-electron chi connectivity index (χ4n) is 1.94. The highest BCUT2D eigenvalue weighted by molar-refractivity contribution is 5.92. The van der Waals surface area contributed by atoms with Gasteiger partial charge in [0.05, 0.1) is 12.1 Å². The van der Waals surface area contributed by atoms with Crippen molar-refractivity contribution in [3.63, 3.8) is 0 Å². The molecule has 1 rings (SSSR count). The van der Waals surface area contributed by atoms with E-state index in [0.717, 1.165) is 6.42 Å². The number of rotatable bonds is 7. The van der Waals surface area contributed by atoms with Crippen molar-refractivity contribution in [2.75, 3.05) is 6.61 Å². The molecule has 0 bridgehead atoms. The Morgan fingerprint density at radius 2 is 2.00 bits per heavy atom. The first kappa shape index (κ1) is 16.4. The number of amides is 1. The molecule has 1 heterocycles. The Hall–Kier alpha value is -1.69. The van der Waals surface area contributed by atoms with Gasteiger partial charge in [-0.2, -0.15) is 5.10 Å². The highest BCUT2D eigenvalue weighted by Crippen LogP contribution is 2.14. The van der Waals surface area contributed by atoms with Crippen LogP contribution in [0.3, 0.4) is 0 Å². The van der Waals surface area contributed by atoms with Crippen LogP contribution in [0.1, 0.15) is 50.5 Å². The second-order valence-corrected chi connectivity index (χ2v) is 4.88. The average molecular weight is 281 g/mol. The summed E-state index contributed by atoms with van der Waals surface area (Å²) in [5.74, 6) is -0.368. The molecule has 0 atom stereocenters. The molecule has 0 aromatic carbocycles. The molecule has 0 aliphatic carbocycles. The number of aryl methyl sites for hydroxylation is 1. The second-order valence-electron chi connectivity index (χ2n) is 4.88. The van der Waals surface area contributed by atoms with E-state index in [4.69, 9.17) is 0 Å². The maximum atomic E-state index is 12.2. The van der Waals surface area contributed by atoms with Gasteiger partial charge in [-0.3, -0.25) is 9.59 Å². The third-order valence-electron chi connectivity index (χ3n) is 3.57. The lowest BCUT2D eigenvalue weighted by atomic mass is 9.93. The van der Waals surface area contributed by atoms with E-state index >= 15 is 0 Å². The van der Waals surface area contributed by atoms with Gasteiger partial charge in [0.2, 0.25) is 0 Å². The van der Waals surface area contributed by atoms with Gasteiger partial charge < -0.3 is 10.4 Å². The van der Waals surface area contributed by atoms with E-state index in [1.165, 1.54) is 16.8 Å². The summed E-state index contributed by atoms with van der Waals surface area (Å²) in [7, 11) is 0. The third kappa shape index (κ3) is 3.66. The summed E-state index contributed by atoms with van der Waals surface area (Å²) in [6.45, 7) is 6.11. The fraction of sp³-hybridized carbons (Fsp3) is 0.643. The number of aromatic nitrogens is 2. The van der Waals surface area contributed by atoms with Gasteiger partial charge in [0.25, 0.3) is 11.5 Å². The van der Waals surface area contributed by atoms with Crippen molar-refractivity contribution >= 4 is 5.91 Å².